The minimum absolute atomic E-state index is 0.189. The third-order valence-corrected chi connectivity index (χ3v) is 4.01. The second-order valence-electron chi connectivity index (χ2n) is 5.75. The van der Waals surface area contributed by atoms with Crippen molar-refractivity contribution >= 4 is 5.91 Å². The largest absolute Gasteiger partial charge is 0.372 e. The third kappa shape index (κ3) is 3.70. The molecule has 1 heterocycles. The maximum absolute atomic E-state index is 12.1. The van der Waals surface area contributed by atoms with Crippen LogP contribution >= 0.6 is 0 Å². The van der Waals surface area contributed by atoms with Crippen LogP contribution in [0.2, 0.25) is 0 Å². The van der Waals surface area contributed by atoms with Gasteiger partial charge in [-0.2, -0.15) is 0 Å². The average Bonchev–Trinajstić information content (AvgIpc) is 2.77. The molecule has 2 aliphatic rings. The molecule has 0 spiro atoms. The van der Waals surface area contributed by atoms with Gasteiger partial charge in [-0.05, 0) is 26.2 Å². The zero-order chi connectivity index (χ0) is 12.3. The molecule has 0 radical (unpaired) electrons. The van der Waals surface area contributed by atoms with Crippen molar-refractivity contribution in [3.05, 3.63) is 0 Å². The monoisotopic (exact) mass is 239 g/mol. The number of nitrogens with zero attached hydrogens (tertiary/aromatic N) is 1. The molecule has 3 heteroatoms. The first-order chi connectivity index (χ1) is 8.15. The summed E-state index contributed by atoms with van der Waals surface area (Å²) in [7, 11) is 0. The lowest BCUT2D eigenvalue weighted by molar-refractivity contribution is -0.143. The summed E-state index contributed by atoms with van der Waals surface area (Å²) >= 11 is 0. The fourth-order valence-electron chi connectivity index (χ4n) is 3.17. The second kappa shape index (κ2) is 5.85. The predicted molar refractivity (Wildman–Crippen MR) is 67.8 cm³/mol. The average molecular weight is 239 g/mol. The molecule has 0 aromatic carbocycles. The molecule has 3 nitrogen and oxygen atoms in total. The van der Waals surface area contributed by atoms with Crippen LogP contribution in [0.5, 0.6) is 0 Å². The fraction of sp³-hybridized carbons (Fsp3) is 0.929. The van der Waals surface area contributed by atoms with E-state index in [2.05, 4.69) is 0 Å². The molecule has 98 valence electrons. The van der Waals surface area contributed by atoms with Crippen LogP contribution in [-0.4, -0.2) is 36.1 Å². The van der Waals surface area contributed by atoms with Crippen molar-refractivity contribution in [2.75, 3.05) is 13.1 Å². The lowest BCUT2D eigenvalue weighted by atomic mass is 10.0. The summed E-state index contributed by atoms with van der Waals surface area (Å²) in [6.45, 7) is 5.64. The van der Waals surface area contributed by atoms with Gasteiger partial charge in [0.25, 0.3) is 0 Å². The quantitative estimate of drug-likeness (QED) is 0.757. The van der Waals surface area contributed by atoms with Crippen LogP contribution in [-0.2, 0) is 9.53 Å². The van der Waals surface area contributed by atoms with Gasteiger partial charge >= 0.3 is 0 Å². The van der Waals surface area contributed by atoms with E-state index in [4.69, 9.17) is 4.74 Å². The number of hydrogen-bond acceptors (Lipinski definition) is 2. The van der Waals surface area contributed by atoms with E-state index < -0.39 is 0 Å². The Bertz CT molecular complexity index is 251. The minimum atomic E-state index is 0.189. The second-order valence-corrected chi connectivity index (χ2v) is 5.75. The molecule has 1 aliphatic carbocycles. The van der Waals surface area contributed by atoms with Crippen molar-refractivity contribution in [2.45, 2.75) is 64.6 Å². The van der Waals surface area contributed by atoms with Gasteiger partial charge in [0.05, 0.1) is 12.2 Å². The molecular weight excluding hydrogens is 214 g/mol. The lowest BCUT2D eigenvalue weighted by Crippen LogP contribution is -2.48. The number of ether oxygens (including phenoxy) is 1. The van der Waals surface area contributed by atoms with Crippen molar-refractivity contribution in [3.8, 4) is 0 Å². The van der Waals surface area contributed by atoms with Crippen molar-refractivity contribution in [3.63, 3.8) is 0 Å². The highest BCUT2D eigenvalue weighted by Gasteiger charge is 2.26. The van der Waals surface area contributed by atoms with Crippen LogP contribution in [0.1, 0.15) is 52.4 Å². The van der Waals surface area contributed by atoms with E-state index in [9.17, 15) is 4.79 Å². The third-order valence-electron chi connectivity index (χ3n) is 4.01. The first kappa shape index (κ1) is 12.9. The van der Waals surface area contributed by atoms with E-state index in [0.29, 0.717) is 5.91 Å². The SMILES string of the molecule is C[C@H]1CN(C(=O)CCC2CCCC2)C[C@H](C)O1. The molecule has 17 heavy (non-hydrogen) atoms. The summed E-state index contributed by atoms with van der Waals surface area (Å²) in [5, 5.41) is 0. The molecule has 1 amide bonds. The molecule has 0 aromatic rings. The van der Waals surface area contributed by atoms with Gasteiger partial charge in [0.2, 0.25) is 5.91 Å². The fourth-order valence-corrected chi connectivity index (χ4v) is 3.17. The first-order valence-electron chi connectivity index (χ1n) is 7.08. The van der Waals surface area contributed by atoms with Gasteiger partial charge in [-0.3, -0.25) is 4.79 Å². The van der Waals surface area contributed by atoms with Crippen molar-refractivity contribution in [1.29, 1.82) is 0 Å². The molecule has 1 saturated carbocycles. The molecular formula is C14H25NO2. The molecule has 2 rings (SSSR count). The normalized spacial score (nSPS) is 30.8. The Kier molecular flexibility index (Phi) is 4.43. The highest BCUT2D eigenvalue weighted by molar-refractivity contribution is 5.76. The highest BCUT2D eigenvalue weighted by atomic mass is 16.5. The van der Waals surface area contributed by atoms with Crippen LogP contribution in [0.4, 0.5) is 0 Å². The Labute approximate surface area is 105 Å². The van der Waals surface area contributed by atoms with E-state index in [1.165, 1.54) is 25.7 Å². The summed E-state index contributed by atoms with van der Waals surface area (Å²) in [5.41, 5.74) is 0. The Morgan fingerprint density at radius 2 is 1.76 bits per heavy atom. The maximum atomic E-state index is 12.1. The van der Waals surface area contributed by atoms with Gasteiger partial charge < -0.3 is 9.64 Å². The van der Waals surface area contributed by atoms with Gasteiger partial charge in [-0.1, -0.05) is 25.7 Å². The number of hydrogen-bond donors (Lipinski definition) is 0. The molecule has 0 unspecified atom stereocenters. The number of carbonyl (C=O) groups excluding carboxylic acids is 1. The first-order valence-corrected chi connectivity index (χ1v) is 7.08. The van der Waals surface area contributed by atoms with E-state index in [-0.39, 0.29) is 12.2 Å². The Hall–Kier alpha value is -0.570. The van der Waals surface area contributed by atoms with Crippen LogP contribution in [0.3, 0.4) is 0 Å². The lowest BCUT2D eigenvalue weighted by Gasteiger charge is -2.35. The summed E-state index contributed by atoms with van der Waals surface area (Å²) < 4.78 is 5.65. The Morgan fingerprint density at radius 1 is 1.18 bits per heavy atom. The summed E-state index contributed by atoms with van der Waals surface area (Å²) in [4.78, 5) is 14.1. The molecule has 1 saturated heterocycles. The van der Waals surface area contributed by atoms with Gasteiger partial charge in [0.15, 0.2) is 0 Å². The van der Waals surface area contributed by atoms with Crippen LogP contribution in [0.15, 0.2) is 0 Å². The summed E-state index contributed by atoms with van der Waals surface area (Å²) in [6, 6.07) is 0. The van der Waals surface area contributed by atoms with Crippen LogP contribution in [0.25, 0.3) is 0 Å². The number of morpholine rings is 1. The van der Waals surface area contributed by atoms with E-state index in [1.54, 1.807) is 0 Å². The van der Waals surface area contributed by atoms with E-state index in [0.717, 1.165) is 31.8 Å². The minimum Gasteiger partial charge on any atom is -0.372 e. The molecule has 2 fully saturated rings. The molecule has 0 aromatic heterocycles. The summed E-state index contributed by atoms with van der Waals surface area (Å²) in [6.07, 6.45) is 7.62. The maximum Gasteiger partial charge on any atom is 0.222 e. The zero-order valence-electron chi connectivity index (χ0n) is 11.2. The number of carbonyl (C=O) groups is 1. The summed E-state index contributed by atoms with van der Waals surface area (Å²) in [5.74, 6) is 1.15. The van der Waals surface area contributed by atoms with Gasteiger partial charge in [-0.15, -0.1) is 0 Å². The molecule has 1 aliphatic heterocycles. The van der Waals surface area contributed by atoms with Crippen molar-refractivity contribution in [1.82, 2.24) is 4.90 Å². The van der Waals surface area contributed by atoms with Crippen LogP contribution in [0, 0.1) is 5.92 Å². The van der Waals surface area contributed by atoms with Crippen molar-refractivity contribution < 1.29 is 9.53 Å². The highest BCUT2D eigenvalue weighted by Crippen LogP contribution is 2.28. The smallest absolute Gasteiger partial charge is 0.222 e. The topological polar surface area (TPSA) is 29.5 Å². The van der Waals surface area contributed by atoms with Gasteiger partial charge in [0.1, 0.15) is 0 Å². The molecule has 2 atom stereocenters. The molecule has 0 bridgehead atoms. The van der Waals surface area contributed by atoms with Crippen molar-refractivity contribution in [2.24, 2.45) is 5.92 Å². The standard InChI is InChI=1S/C14H25NO2/c1-11-9-15(10-12(2)17-11)14(16)8-7-13-5-3-4-6-13/h11-13H,3-10H2,1-2H3/t11-,12-/m0/s1. The van der Waals surface area contributed by atoms with E-state index in [1.807, 2.05) is 18.7 Å². The predicted octanol–water partition coefficient (Wildman–Crippen LogP) is 2.59. The van der Waals surface area contributed by atoms with Gasteiger partial charge in [-0.25, -0.2) is 0 Å². The van der Waals surface area contributed by atoms with Gasteiger partial charge in [0, 0.05) is 19.5 Å². The Morgan fingerprint density at radius 3 is 2.35 bits per heavy atom. The Balaban J connectivity index is 1.74. The van der Waals surface area contributed by atoms with Crippen LogP contribution < -0.4 is 0 Å². The number of rotatable bonds is 3. The number of amides is 1. The van der Waals surface area contributed by atoms with E-state index >= 15 is 0 Å². The molecule has 0 N–H and O–H groups in total. The zero-order valence-corrected chi connectivity index (χ0v) is 11.2.